The molecule has 0 radical (unpaired) electrons. The number of nitro benzene ring substituents is 1. The van der Waals surface area contributed by atoms with Crippen molar-refractivity contribution < 1.29 is 18.9 Å². The molecule has 0 atom stereocenters. The van der Waals surface area contributed by atoms with Gasteiger partial charge in [0, 0.05) is 12.1 Å². The Morgan fingerprint density at radius 1 is 1.27 bits per heavy atom. The third-order valence-electron chi connectivity index (χ3n) is 3.44. The van der Waals surface area contributed by atoms with Gasteiger partial charge in [-0.25, -0.2) is 0 Å². The molecule has 1 aromatic carbocycles. The summed E-state index contributed by atoms with van der Waals surface area (Å²) >= 11 is 0. The van der Waals surface area contributed by atoms with Gasteiger partial charge < -0.3 is 14.1 Å². The summed E-state index contributed by atoms with van der Waals surface area (Å²) in [5.74, 6) is 1.42. The summed E-state index contributed by atoms with van der Waals surface area (Å²) in [6, 6.07) is 9.29. The second-order valence-corrected chi connectivity index (χ2v) is 5.11. The van der Waals surface area contributed by atoms with E-state index in [1.54, 1.807) is 36.1 Å². The van der Waals surface area contributed by atoms with E-state index in [9.17, 15) is 14.9 Å². The molecule has 0 spiro atoms. The quantitative estimate of drug-likeness (QED) is 0.639. The van der Waals surface area contributed by atoms with Crippen LogP contribution in [0, 0.1) is 17.0 Å². The van der Waals surface area contributed by atoms with Crippen LogP contribution in [0.5, 0.6) is 5.75 Å². The Kier molecular flexibility index (Phi) is 3.54. The van der Waals surface area contributed by atoms with Crippen LogP contribution in [0.15, 0.2) is 40.8 Å². The SMILES string of the molecule is Cc1ccc(C(=O)N2CC(Oc3ccc([N+](=O)[O-])cc3)C2)o1. The molecule has 7 nitrogen and oxygen atoms in total. The van der Waals surface area contributed by atoms with E-state index in [0.29, 0.717) is 30.4 Å². The molecule has 0 unspecified atom stereocenters. The molecule has 2 heterocycles. The van der Waals surface area contributed by atoms with Gasteiger partial charge in [-0.15, -0.1) is 0 Å². The molecule has 1 saturated heterocycles. The summed E-state index contributed by atoms with van der Waals surface area (Å²) in [5.41, 5.74) is 0.0194. The van der Waals surface area contributed by atoms with E-state index in [1.165, 1.54) is 12.1 Å². The number of benzene rings is 1. The van der Waals surface area contributed by atoms with E-state index in [4.69, 9.17) is 9.15 Å². The smallest absolute Gasteiger partial charge is 0.289 e. The van der Waals surface area contributed by atoms with E-state index in [2.05, 4.69) is 0 Å². The summed E-state index contributed by atoms with van der Waals surface area (Å²) in [5, 5.41) is 10.6. The Bertz CT molecular complexity index is 701. The van der Waals surface area contributed by atoms with Crippen LogP contribution in [-0.4, -0.2) is 34.9 Å². The lowest BCUT2D eigenvalue weighted by Crippen LogP contribution is -2.56. The highest BCUT2D eigenvalue weighted by atomic mass is 16.6. The predicted octanol–water partition coefficient (Wildman–Crippen LogP) is 2.40. The van der Waals surface area contributed by atoms with E-state index in [-0.39, 0.29) is 17.7 Å². The maximum absolute atomic E-state index is 12.1. The largest absolute Gasteiger partial charge is 0.487 e. The number of non-ortho nitro benzene ring substituents is 1. The van der Waals surface area contributed by atoms with Crippen LogP contribution in [-0.2, 0) is 0 Å². The van der Waals surface area contributed by atoms with Crippen LogP contribution in [0.1, 0.15) is 16.3 Å². The first-order chi connectivity index (χ1) is 10.5. The average molecular weight is 302 g/mol. The van der Waals surface area contributed by atoms with Crippen LogP contribution >= 0.6 is 0 Å². The number of hydrogen-bond acceptors (Lipinski definition) is 5. The molecule has 0 saturated carbocycles. The lowest BCUT2D eigenvalue weighted by molar-refractivity contribution is -0.384. The number of nitrogens with zero attached hydrogens (tertiary/aromatic N) is 2. The van der Waals surface area contributed by atoms with Crippen LogP contribution in [0.2, 0.25) is 0 Å². The number of furan rings is 1. The lowest BCUT2D eigenvalue weighted by atomic mass is 10.1. The number of aryl methyl sites for hydroxylation is 1. The lowest BCUT2D eigenvalue weighted by Gasteiger charge is -2.38. The van der Waals surface area contributed by atoms with Crippen LogP contribution in [0.3, 0.4) is 0 Å². The van der Waals surface area contributed by atoms with E-state index >= 15 is 0 Å². The molecule has 1 aromatic heterocycles. The number of amides is 1. The first-order valence-corrected chi connectivity index (χ1v) is 6.80. The highest BCUT2D eigenvalue weighted by molar-refractivity contribution is 5.92. The Morgan fingerprint density at radius 3 is 2.50 bits per heavy atom. The zero-order valence-electron chi connectivity index (χ0n) is 11.9. The molecule has 22 heavy (non-hydrogen) atoms. The first kappa shape index (κ1) is 14.1. The fourth-order valence-electron chi connectivity index (χ4n) is 2.22. The minimum absolute atomic E-state index is 0.0194. The third kappa shape index (κ3) is 2.78. The molecule has 1 fully saturated rings. The third-order valence-corrected chi connectivity index (χ3v) is 3.44. The Balaban J connectivity index is 1.53. The number of nitro groups is 1. The topological polar surface area (TPSA) is 85.8 Å². The summed E-state index contributed by atoms with van der Waals surface area (Å²) in [6.45, 7) is 2.72. The molecule has 3 rings (SSSR count). The molecule has 1 aliphatic heterocycles. The van der Waals surface area contributed by atoms with Gasteiger partial charge in [-0.3, -0.25) is 14.9 Å². The average Bonchev–Trinajstić information content (AvgIpc) is 2.89. The zero-order chi connectivity index (χ0) is 15.7. The summed E-state index contributed by atoms with van der Waals surface area (Å²) in [6.07, 6.45) is -0.110. The minimum Gasteiger partial charge on any atom is -0.487 e. The number of likely N-dealkylation sites (tertiary alicyclic amines) is 1. The van der Waals surface area contributed by atoms with Crippen molar-refractivity contribution in [1.82, 2.24) is 4.90 Å². The van der Waals surface area contributed by atoms with Gasteiger partial charge in [-0.05, 0) is 31.2 Å². The standard InChI is InChI=1S/C15H14N2O5/c1-10-2-7-14(21-10)15(18)16-8-13(9-16)22-12-5-3-11(4-6-12)17(19)20/h2-7,13H,8-9H2,1H3. The number of ether oxygens (including phenoxy) is 1. The second-order valence-electron chi connectivity index (χ2n) is 5.11. The molecule has 0 bridgehead atoms. The molecule has 1 amide bonds. The maximum atomic E-state index is 12.1. The van der Waals surface area contributed by atoms with Gasteiger partial charge in [0.15, 0.2) is 5.76 Å². The van der Waals surface area contributed by atoms with Gasteiger partial charge in [0.25, 0.3) is 11.6 Å². The van der Waals surface area contributed by atoms with Crippen molar-refractivity contribution in [1.29, 1.82) is 0 Å². The molecular weight excluding hydrogens is 288 g/mol. The van der Waals surface area contributed by atoms with E-state index < -0.39 is 4.92 Å². The molecule has 7 heteroatoms. The van der Waals surface area contributed by atoms with Crippen molar-refractivity contribution in [3.05, 3.63) is 58.0 Å². The molecule has 0 N–H and O–H groups in total. The maximum Gasteiger partial charge on any atom is 0.289 e. The van der Waals surface area contributed by atoms with Crippen molar-refractivity contribution in [3.8, 4) is 5.75 Å². The fraction of sp³-hybridized carbons (Fsp3) is 0.267. The zero-order valence-corrected chi connectivity index (χ0v) is 11.9. The van der Waals surface area contributed by atoms with Gasteiger partial charge in [0.2, 0.25) is 0 Å². The van der Waals surface area contributed by atoms with Crippen LogP contribution < -0.4 is 4.74 Å². The number of hydrogen-bond donors (Lipinski definition) is 0. The fourth-order valence-corrected chi connectivity index (χ4v) is 2.22. The second kappa shape index (κ2) is 5.51. The van der Waals surface area contributed by atoms with Crippen LogP contribution in [0.4, 0.5) is 5.69 Å². The van der Waals surface area contributed by atoms with Gasteiger partial charge in [0.05, 0.1) is 18.0 Å². The van der Waals surface area contributed by atoms with Crippen molar-refractivity contribution in [3.63, 3.8) is 0 Å². The Morgan fingerprint density at radius 2 is 1.95 bits per heavy atom. The van der Waals surface area contributed by atoms with Crippen molar-refractivity contribution >= 4 is 11.6 Å². The Labute approximate surface area is 126 Å². The first-order valence-electron chi connectivity index (χ1n) is 6.80. The molecule has 114 valence electrons. The molecule has 2 aromatic rings. The van der Waals surface area contributed by atoms with Crippen molar-refractivity contribution in [2.45, 2.75) is 13.0 Å². The number of carbonyl (C=O) groups is 1. The molecule has 0 aliphatic carbocycles. The predicted molar refractivity (Wildman–Crippen MR) is 76.9 cm³/mol. The summed E-state index contributed by atoms with van der Waals surface area (Å²) in [7, 11) is 0. The highest BCUT2D eigenvalue weighted by Crippen LogP contribution is 2.22. The van der Waals surface area contributed by atoms with Gasteiger partial charge in [-0.1, -0.05) is 0 Å². The van der Waals surface area contributed by atoms with E-state index in [0.717, 1.165) is 0 Å². The summed E-state index contributed by atoms with van der Waals surface area (Å²) in [4.78, 5) is 23.8. The van der Waals surface area contributed by atoms with Gasteiger partial charge >= 0.3 is 0 Å². The minimum atomic E-state index is -0.459. The number of rotatable bonds is 4. The number of carbonyl (C=O) groups excluding carboxylic acids is 1. The highest BCUT2D eigenvalue weighted by Gasteiger charge is 2.34. The van der Waals surface area contributed by atoms with Crippen LogP contribution in [0.25, 0.3) is 0 Å². The summed E-state index contributed by atoms with van der Waals surface area (Å²) < 4.78 is 11.0. The van der Waals surface area contributed by atoms with Crippen molar-refractivity contribution in [2.75, 3.05) is 13.1 Å². The van der Waals surface area contributed by atoms with Gasteiger partial charge in [0.1, 0.15) is 17.6 Å². The molecular formula is C15H14N2O5. The molecule has 1 aliphatic rings. The monoisotopic (exact) mass is 302 g/mol. The Hall–Kier alpha value is -2.83. The normalized spacial score (nSPS) is 14.5. The van der Waals surface area contributed by atoms with Crippen molar-refractivity contribution in [2.24, 2.45) is 0 Å². The van der Waals surface area contributed by atoms with E-state index in [1.807, 2.05) is 0 Å². The van der Waals surface area contributed by atoms with Gasteiger partial charge in [-0.2, -0.15) is 0 Å².